The zero-order valence-corrected chi connectivity index (χ0v) is 17.6. The molecule has 1 aromatic heterocycles. The summed E-state index contributed by atoms with van der Waals surface area (Å²) in [5.74, 6) is 0.166. The summed E-state index contributed by atoms with van der Waals surface area (Å²) in [5.41, 5.74) is 4.63. The van der Waals surface area contributed by atoms with E-state index in [-0.39, 0.29) is 17.5 Å². The van der Waals surface area contributed by atoms with Gasteiger partial charge in [0.05, 0.1) is 23.3 Å². The highest BCUT2D eigenvalue weighted by atomic mass is 32.2. The summed E-state index contributed by atoms with van der Waals surface area (Å²) in [6, 6.07) is 20.0. The van der Waals surface area contributed by atoms with Crippen LogP contribution in [0.3, 0.4) is 0 Å². The van der Waals surface area contributed by atoms with E-state index in [1.54, 1.807) is 12.1 Å². The van der Waals surface area contributed by atoms with Crippen LogP contribution in [-0.2, 0) is 11.3 Å². The van der Waals surface area contributed by atoms with Crippen LogP contribution in [-0.4, -0.2) is 21.3 Å². The molecule has 152 valence electrons. The lowest BCUT2D eigenvalue weighted by Gasteiger charge is -2.11. The molecule has 0 amide bonds. The van der Waals surface area contributed by atoms with Gasteiger partial charge in [-0.2, -0.15) is 0 Å². The van der Waals surface area contributed by atoms with E-state index in [0.717, 1.165) is 32.9 Å². The van der Waals surface area contributed by atoms with Crippen molar-refractivity contribution in [3.8, 4) is 5.75 Å². The first-order chi connectivity index (χ1) is 14.5. The van der Waals surface area contributed by atoms with E-state index >= 15 is 0 Å². The fourth-order valence-electron chi connectivity index (χ4n) is 3.32. The van der Waals surface area contributed by atoms with Gasteiger partial charge in [-0.1, -0.05) is 54.2 Å². The quantitative estimate of drug-likeness (QED) is 0.233. The van der Waals surface area contributed by atoms with Gasteiger partial charge in [0.2, 0.25) is 0 Å². The largest absolute Gasteiger partial charge is 0.425 e. The molecule has 0 aliphatic carbocycles. The maximum absolute atomic E-state index is 13.3. The van der Waals surface area contributed by atoms with Crippen LogP contribution >= 0.6 is 11.8 Å². The molecule has 4 nitrogen and oxygen atoms in total. The fraction of sp³-hybridized carbons (Fsp3) is 0.167. The molecule has 0 aliphatic heterocycles. The number of benzene rings is 3. The van der Waals surface area contributed by atoms with Crippen LogP contribution in [0, 0.1) is 19.7 Å². The molecule has 0 saturated heterocycles. The highest BCUT2D eigenvalue weighted by molar-refractivity contribution is 7.99. The van der Waals surface area contributed by atoms with Gasteiger partial charge in [0.1, 0.15) is 11.6 Å². The van der Waals surface area contributed by atoms with Gasteiger partial charge in [0.25, 0.3) is 0 Å². The Labute approximate surface area is 178 Å². The zero-order chi connectivity index (χ0) is 21.1. The molecule has 0 unspecified atom stereocenters. The molecule has 4 rings (SSSR count). The van der Waals surface area contributed by atoms with Crippen LogP contribution in [0.5, 0.6) is 5.75 Å². The minimum atomic E-state index is -0.321. The predicted octanol–water partition coefficient (Wildman–Crippen LogP) is 5.54. The van der Waals surface area contributed by atoms with E-state index in [9.17, 15) is 9.18 Å². The second kappa shape index (κ2) is 8.71. The second-order valence-corrected chi connectivity index (χ2v) is 8.02. The standard InChI is InChI=1S/C24H21FN2O2S/c1-16-6-5-7-17(2)23(16)29-22(28)15-30-24-26-20-8-3-4-9-21(20)27(24)14-18-10-12-19(25)13-11-18/h3-13H,14-15H2,1-2H3. The number of hydrogen-bond acceptors (Lipinski definition) is 4. The van der Waals surface area contributed by atoms with Crippen molar-refractivity contribution in [3.63, 3.8) is 0 Å². The average molecular weight is 421 g/mol. The number of halogens is 1. The van der Waals surface area contributed by atoms with E-state index in [4.69, 9.17) is 4.74 Å². The molecular weight excluding hydrogens is 399 g/mol. The number of imidazole rings is 1. The highest BCUT2D eigenvalue weighted by Gasteiger charge is 2.15. The lowest BCUT2D eigenvalue weighted by Crippen LogP contribution is -2.13. The first-order valence-corrected chi connectivity index (χ1v) is 10.6. The summed E-state index contributed by atoms with van der Waals surface area (Å²) in [7, 11) is 0. The molecule has 3 aromatic carbocycles. The minimum absolute atomic E-state index is 0.139. The van der Waals surface area contributed by atoms with Crippen LogP contribution in [0.4, 0.5) is 4.39 Å². The van der Waals surface area contributed by atoms with Crippen LogP contribution < -0.4 is 4.74 Å². The van der Waals surface area contributed by atoms with Crippen molar-refractivity contribution in [1.82, 2.24) is 9.55 Å². The van der Waals surface area contributed by atoms with Crippen molar-refractivity contribution in [2.45, 2.75) is 25.5 Å². The van der Waals surface area contributed by atoms with Crippen molar-refractivity contribution < 1.29 is 13.9 Å². The summed E-state index contributed by atoms with van der Waals surface area (Å²) in [6.45, 7) is 4.38. The Bertz CT molecular complexity index is 1180. The Balaban J connectivity index is 1.55. The van der Waals surface area contributed by atoms with E-state index in [0.29, 0.717) is 12.3 Å². The predicted molar refractivity (Wildman–Crippen MR) is 118 cm³/mol. The number of nitrogens with zero attached hydrogens (tertiary/aromatic N) is 2. The molecular formula is C24H21FN2O2S. The number of aromatic nitrogens is 2. The normalized spacial score (nSPS) is 11.0. The van der Waals surface area contributed by atoms with Crippen LogP contribution in [0.2, 0.25) is 0 Å². The number of ether oxygens (including phenoxy) is 1. The SMILES string of the molecule is Cc1cccc(C)c1OC(=O)CSc1nc2ccccc2n1Cc1ccc(F)cc1. The van der Waals surface area contributed by atoms with Crippen molar-refractivity contribution in [2.24, 2.45) is 0 Å². The van der Waals surface area contributed by atoms with Gasteiger partial charge in [-0.3, -0.25) is 4.79 Å². The van der Waals surface area contributed by atoms with Gasteiger partial charge in [-0.05, 0) is 54.8 Å². The number of fused-ring (bicyclic) bond motifs is 1. The summed E-state index contributed by atoms with van der Waals surface area (Å²) in [5, 5.41) is 0.721. The maximum Gasteiger partial charge on any atom is 0.321 e. The summed E-state index contributed by atoms with van der Waals surface area (Å²) in [6.07, 6.45) is 0. The molecule has 0 bridgehead atoms. The first-order valence-electron chi connectivity index (χ1n) is 9.60. The molecule has 0 aliphatic rings. The van der Waals surface area contributed by atoms with Crippen molar-refractivity contribution in [3.05, 3.63) is 89.2 Å². The van der Waals surface area contributed by atoms with E-state index < -0.39 is 0 Å². The van der Waals surface area contributed by atoms with Gasteiger partial charge in [0.15, 0.2) is 5.16 Å². The van der Waals surface area contributed by atoms with E-state index in [2.05, 4.69) is 4.98 Å². The third kappa shape index (κ3) is 4.39. The minimum Gasteiger partial charge on any atom is -0.425 e. The van der Waals surface area contributed by atoms with Gasteiger partial charge in [0, 0.05) is 0 Å². The Morgan fingerprint density at radius 3 is 2.43 bits per heavy atom. The summed E-state index contributed by atoms with van der Waals surface area (Å²) >= 11 is 1.34. The van der Waals surface area contributed by atoms with Gasteiger partial charge in [-0.15, -0.1) is 0 Å². The van der Waals surface area contributed by atoms with Crippen molar-refractivity contribution in [1.29, 1.82) is 0 Å². The molecule has 0 spiro atoms. The van der Waals surface area contributed by atoms with Crippen molar-refractivity contribution in [2.75, 3.05) is 5.75 Å². The lowest BCUT2D eigenvalue weighted by molar-refractivity contribution is -0.131. The third-order valence-corrected chi connectivity index (χ3v) is 5.77. The second-order valence-electron chi connectivity index (χ2n) is 7.08. The Hall–Kier alpha value is -3.12. The topological polar surface area (TPSA) is 44.1 Å². The number of thioether (sulfide) groups is 1. The number of carbonyl (C=O) groups is 1. The van der Waals surface area contributed by atoms with Gasteiger partial charge >= 0.3 is 5.97 Å². The van der Waals surface area contributed by atoms with Crippen molar-refractivity contribution >= 4 is 28.8 Å². The molecule has 0 radical (unpaired) electrons. The maximum atomic E-state index is 13.3. The molecule has 4 aromatic rings. The number of esters is 1. The molecule has 0 atom stereocenters. The summed E-state index contributed by atoms with van der Waals surface area (Å²) in [4.78, 5) is 17.2. The monoisotopic (exact) mass is 420 g/mol. The van der Waals surface area contributed by atoms with E-state index in [1.165, 1.54) is 23.9 Å². The molecule has 30 heavy (non-hydrogen) atoms. The molecule has 0 fully saturated rings. The zero-order valence-electron chi connectivity index (χ0n) is 16.8. The number of aryl methyl sites for hydroxylation is 2. The van der Waals surface area contributed by atoms with E-state index in [1.807, 2.05) is 60.9 Å². The van der Waals surface area contributed by atoms with Crippen LogP contribution in [0.15, 0.2) is 71.9 Å². The Kier molecular flexibility index (Phi) is 5.86. The van der Waals surface area contributed by atoms with Gasteiger partial charge in [-0.25, -0.2) is 9.37 Å². The molecule has 1 heterocycles. The smallest absolute Gasteiger partial charge is 0.321 e. The highest BCUT2D eigenvalue weighted by Crippen LogP contribution is 2.27. The number of hydrogen-bond donors (Lipinski definition) is 0. The fourth-order valence-corrected chi connectivity index (χ4v) is 4.10. The third-order valence-electron chi connectivity index (χ3n) is 4.82. The van der Waals surface area contributed by atoms with Crippen LogP contribution in [0.25, 0.3) is 11.0 Å². The van der Waals surface area contributed by atoms with Crippen LogP contribution in [0.1, 0.15) is 16.7 Å². The average Bonchev–Trinajstić information content (AvgIpc) is 3.08. The molecule has 0 saturated carbocycles. The summed E-state index contributed by atoms with van der Waals surface area (Å²) < 4.78 is 20.9. The Morgan fingerprint density at radius 1 is 1.00 bits per heavy atom. The molecule has 6 heteroatoms. The van der Waals surface area contributed by atoms with Gasteiger partial charge < -0.3 is 9.30 Å². The first kappa shape index (κ1) is 20.2. The lowest BCUT2D eigenvalue weighted by atomic mass is 10.1. The Morgan fingerprint density at radius 2 is 1.70 bits per heavy atom. The number of carbonyl (C=O) groups excluding carboxylic acids is 1. The number of rotatable bonds is 6. The molecule has 0 N–H and O–H groups in total. The number of para-hydroxylation sites is 3.